The van der Waals surface area contributed by atoms with Gasteiger partial charge in [0, 0.05) is 12.1 Å². The summed E-state index contributed by atoms with van der Waals surface area (Å²) < 4.78 is 1.35. The molecule has 2 N–H and O–H groups in total. The lowest BCUT2D eigenvalue weighted by atomic mass is 9.93. The van der Waals surface area contributed by atoms with Gasteiger partial charge in [-0.1, -0.05) is 6.92 Å². The number of hydrogen-bond donors (Lipinski definition) is 2. The molecule has 1 saturated carbocycles. The van der Waals surface area contributed by atoms with E-state index in [0.29, 0.717) is 17.4 Å². The zero-order valence-corrected chi connectivity index (χ0v) is 10.6. The average Bonchev–Trinajstić information content (AvgIpc) is 2.30. The standard InChI is InChI=1S/C13H15N3O3/c1-2-7-6-9(17)14-11-10(7)12(18)16(13(19)15-11)8-4-3-5-8/h6,8H,2-5H2,1H3,(H2,14,15,17,19). The zero-order valence-electron chi connectivity index (χ0n) is 10.6. The van der Waals surface area contributed by atoms with Gasteiger partial charge in [0.05, 0.1) is 5.39 Å². The Morgan fingerprint density at radius 2 is 2.21 bits per heavy atom. The maximum Gasteiger partial charge on any atom is 0.298 e. The summed E-state index contributed by atoms with van der Waals surface area (Å²) in [5, 5.41) is 10.3. The first-order valence-corrected chi connectivity index (χ1v) is 6.49. The monoisotopic (exact) mass is 261 g/mol. The van der Waals surface area contributed by atoms with Crippen LogP contribution in [0.3, 0.4) is 0 Å². The van der Waals surface area contributed by atoms with E-state index >= 15 is 0 Å². The molecule has 19 heavy (non-hydrogen) atoms. The molecule has 2 aromatic heterocycles. The van der Waals surface area contributed by atoms with Gasteiger partial charge in [0.1, 0.15) is 0 Å². The molecule has 0 bridgehead atoms. The van der Waals surface area contributed by atoms with Crippen LogP contribution in [0.4, 0.5) is 0 Å². The third kappa shape index (κ3) is 1.75. The van der Waals surface area contributed by atoms with Crippen molar-refractivity contribution >= 4 is 11.0 Å². The van der Waals surface area contributed by atoms with Gasteiger partial charge in [0.2, 0.25) is 5.56 Å². The van der Waals surface area contributed by atoms with Crippen LogP contribution in [-0.2, 0) is 6.42 Å². The van der Waals surface area contributed by atoms with Gasteiger partial charge >= 0.3 is 0 Å². The minimum absolute atomic E-state index is 0.0287. The molecular formula is C13H15N3O3. The zero-order chi connectivity index (χ0) is 13.6. The molecule has 100 valence electrons. The number of rotatable bonds is 2. The van der Waals surface area contributed by atoms with Crippen molar-refractivity contribution in [2.45, 2.75) is 38.6 Å². The maximum absolute atomic E-state index is 12.5. The Hall–Kier alpha value is -2.11. The maximum atomic E-state index is 12.5. The number of nitrogens with one attached hydrogen (secondary N) is 1. The summed E-state index contributed by atoms with van der Waals surface area (Å²) in [6, 6.07) is 1.14. The molecule has 0 radical (unpaired) electrons. The highest BCUT2D eigenvalue weighted by atomic mass is 16.3. The van der Waals surface area contributed by atoms with Gasteiger partial charge in [-0.25, -0.2) is 0 Å². The van der Waals surface area contributed by atoms with E-state index < -0.39 is 0 Å². The summed E-state index contributed by atoms with van der Waals surface area (Å²) in [6.07, 6.45) is 3.39. The average molecular weight is 261 g/mol. The first-order chi connectivity index (χ1) is 9.11. The molecule has 1 aliphatic rings. The largest absolute Gasteiger partial charge is 0.480 e. The molecule has 1 aliphatic carbocycles. The first kappa shape index (κ1) is 12.0. The number of aryl methyl sites for hydroxylation is 1. The molecule has 2 aromatic rings. The van der Waals surface area contributed by atoms with E-state index in [-0.39, 0.29) is 28.8 Å². The van der Waals surface area contributed by atoms with Gasteiger partial charge in [0.25, 0.3) is 11.6 Å². The van der Waals surface area contributed by atoms with Gasteiger partial charge in [0.15, 0.2) is 5.65 Å². The molecule has 2 heterocycles. The highest BCUT2D eigenvalue weighted by molar-refractivity contribution is 5.77. The molecule has 0 amide bonds. The topological polar surface area (TPSA) is 88.0 Å². The highest BCUT2D eigenvalue weighted by Gasteiger charge is 2.25. The normalized spacial score (nSPS) is 15.6. The van der Waals surface area contributed by atoms with Crippen molar-refractivity contribution in [1.82, 2.24) is 14.5 Å². The summed E-state index contributed by atoms with van der Waals surface area (Å²) in [5.74, 6) is 0. The number of pyridine rings is 1. The Balaban J connectivity index is 2.39. The number of nitrogens with zero attached hydrogens (tertiary/aromatic N) is 2. The van der Waals surface area contributed by atoms with Crippen molar-refractivity contribution in [2.24, 2.45) is 0 Å². The van der Waals surface area contributed by atoms with Crippen LogP contribution in [0.5, 0.6) is 6.01 Å². The van der Waals surface area contributed by atoms with Gasteiger partial charge < -0.3 is 10.1 Å². The van der Waals surface area contributed by atoms with Crippen LogP contribution in [-0.4, -0.2) is 19.6 Å². The summed E-state index contributed by atoms with van der Waals surface area (Å²) in [4.78, 5) is 30.5. The van der Waals surface area contributed by atoms with Crippen LogP contribution in [0.15, 0.2) is 15.7 Å². The highest BCUT2D eigenvalue weighted by Crippen LogP contribution is 2.32. The number of hydrogen-bond acceptors (Lipinski definition) is 4. The van der Waals surface area contributed by atoms with Gasteiger partial charge in [-0.15, -0.1) is 0 Å². The van der Waals surface area contributed by atoms with E-state index in [1.54, 1.807) is 0 Å². The number of H-pyrrole nitrogens is 1. The number of aromatic hydroxyl groups is 1. The van der Waals surface area contributed by atoms with E-state index in [9.17, 15) is 14.7 Å². The van der Waals surface area contributed by atoms with Gasteiger partial charge in [-0.05, 0) is 31.2 Å². The number of aromatic nitrogens is 3. The molecule has 0 spiro atoms. The Kier molecular flexibility index (Phi) is 2.66. The van der Waals surface area contributed by atoms with Crippen molar-refractivity contribution in [3.8, 4) is 6.01 Å². The minimum atomic E-state index is -0.314. The summed E-state index contributed by atoms with van der Waals surface area (Å²) in [6.45, 7) is 1.88. The molecule has 0 unspecified atom stereocenters. The molecule has 6 nitrogen and oxygen atoms in total. The van der Waals surface area contributed by atoms with E-state index in [1.807, 2.05) is 6.92 Å². The fourth-order valence-corrected chi connectivity index (χ4v) is 2.54. The number of fused-ring (bicyclic) bond motifs is 1. The van der Waals surface area contributed by atoms with Crippen molar-refractivity contribution < 1.29 is 5.11 Å². The molecule has 0 atom stereocenters. The second kappa shape index (κ2) is 4.22. The van der Waals surface area contributed by atoms with Crippen molar-refractivity contribution in [1.29, 1.82) is 0 Å². The molecule has 3 rings (SSSR count). The summed E-state index contributed by atoms with van der Waals surface area (Å²) >= 11 is 0. The van der Waals surface area contributed by atoms with E-state index in [4.69, 9.17) is 0 Å². The number of aromatic amines is 1. The van der Waals surface area contributed by atoms with Crippen LogP contribution in [0, 0.1) is 0 Å². The molecule has 0 aliphatic heterocycles. The second-order valence-electron chi connectivity index (χ2n) is 4.91. The predicted octanol–water partition coefficient (Wildman–Crippen LogP) is 1.08. The Bertz CT molecular complexity index is 756. The lowest BCUT2D eigenvalue weighted by Gasteiger charge is -2.28. The molecule has 1 fully saturated rings. The fourth-order valence-electron chi connectivity index (χ4n) is 2.54. The molecule has 0 saturated heterocycles. The third-order valence-electron chi connectivity index (χ3n) is 3.79. The van der Waals surface area contributed by atoms with Crippen LogP contribution < -0.4 is 11.1 Å². The van der Waals surface area contributed by atoms with Crippen LogP contribution >= 0.6 is 0 Å². The van der Waals surface area contributed by atoms with Crippen LogP contribution in [0.1, 0.15) is 37.8 Å². The molecular weight excluding hydrogens is 246 g/mol. The summed E-state index contributed by atoms with van der Waals surface area (Å²) in [7, 11) is 0. The molecule has 6 heteroatoms. The van der Waals surface area contributed by atoms with Crippen LogP contribution in [0.2, 0.25) is 0 Å². The smallest absolute Gasteiger partial charge is 0.298 e. The van der Waals surface area contributed by atoms with Crippen molar-refractivity contribution in [3.05, 3.63) is 32.3 Å². The van der Waals surface area contributed by atoms with Crippen LogP contribution in [0.25, 0.3) is 11.0 Å². The van der Waals surface area contributed by atoms with Crippen molar-refractivity contribution in [3.63, 3.8) is 0 Å². The first-order valence-electron chi connectivity index (χ1n) is 6.49. The Labute approximate surface area is 108 Å². The van der Waals surface area contributed by atoms with E-state index in [0.717, 1.165) is 19.3 Å². The minimum Gasteiger partial charge on any atom is -0.480 e. The second-order valence-corrected chi connectivity index (χ2v) is 4.91. The predicted molar refractivity (Wildman–Crippen MR) is 70.6 cm³/mol. The van der Waals surface area contributed by atoms with Gasteiger partial charge in [-0.2, -0.15) is 4.98 Å². The van der Waals surface area contributed by atoms with E-state index in [2.05, 4.69) is 9.97 Å². The summed E-state index contributed by atoms with van der Waals surface area (Å²) in [5.41, 5.74) is 0.268. The van der Waals surface area contributed by atoms with Crippen molar-refractivity contribution in [2.75, 3.05) is 0 Å². The third-order valence-corrected chi connectivity index (χ3v) is 3.79. The van der Waals surface area contributed by atoms with E-state index in [1.165, 1.54) is 10.6 Å². The van der Waals surface area contributed by atoms with Gasteiger partial charge in [-0.3, -0.25) is 14.2 Å². The quantitative estimate of drug-likeness (QED) is 0.846. The lowest BCUT2D eigenvalue weighted by molar-refractivity contribution is 0.264. The lowest BCUT2D eigenvalue weighted by Crippen LogP contribution is -2.31. The SMILES string of the molecule is CCc1cc(=O)[nH]c2nc(O)n(C3CCC3)c(=O)c12. The molecule has 0 aromatic carbocycles. The Morgan fingerprint density at radius 3 is 2.79 bits per heavy atom. The Morgan fingerprint density at radius 1 is 1.47 bits per heavy atom. The fraction of sp³-hybridized carbons (Fsp3) is 0.462.